The van der Waals surface area contributed by atoms with Gasteiger partial charge in [0.15, 0.2) is 0 Å². The Kier molecular flexibility index (Phi) is 3.76. The minimum absolute atomic E-state index is 0.386. The summed E-state index contributed by atoms with van der Waals surface area (Å²) < 4.78 is 0. The largest absolute Gasteiger partial charge is 0.368 e. The molecule has 2 nitrogen and oxygen atoms in total. The number of benzene rings is 3. The number of carbonyl (C=O) groups is 1. The second-order valence-electron chi connectivity index (χ2n) is 4.91. The number of halogens is 1. The van der Waals surface area contributed by atoms with Crippen molar-refractivity contribution in [3.63, 3.8) is 0 Å². The highest BCUT2D eigenvalue weighted by Crippen LogP contribution is 2.33. The maximum atomic E-state index is 11.5. The predicted molar refractivity (Wildman–Crippen MR) is 90.2 cm³/mol. The summed E-state index contributed by atoms with van der Waals surface area (Å²) in [6.45, 7) is 0. The highest BCUT2D eigenvalue weighted by molar-refractivity contribution is 9.09. The summed E-state index contributed by atoms with van der Waals surface area (Å²) in [6, 6.07) is 22.3. The summed E-state index contributed by atoms with van der Waals surface area (Å²) in [4.78, 5) is 11.0. The molecule has 0 radical (unpaired) electrons. The molecule has 0 saturated heterocycles. The van der Waals surface area contributed by atoms with Crippen LogP contribution in [0.2, 0.25) is 0 Å². The van der Waals surface area contributed by atoms with Gasteiger partial charge in [-0.15, -0.1) is 0 Å². The molecule has 3 rings (SSSR count). The lowest BCUT2D eigenvalue weighted by Crippen LogP contribution is -2.17. The molecule has 0 aliphatic rings. The van der Waals surface area contributed by atoms with Gasteiger partial charge in [0.2, 0.25) is 5.91 Å². The lowest BCUT2D eigenvalue weighted by atomic mass is 9.95. The Balaban J connectivity index is 2.16. The van der Waals surface area contributed by atoms with Crippen molar-refractivity contribution in [1.29, 1.82) is 0 Å². The minimum Gasteiger partial charge on any atom is -0.368 e. The maximum absolute atomic E-state index is 11.5. The van der Waals surface area contributed by atoms with Gasteiger partial charge in [0, 0.05) is 0 Å². The van der Waals surface area contributed by atoms with E-state index in [1.165, 1.54) is 10.8 Å². The Hall–Kier alpha value is -2.13. The molecule has 3 aromatic rings. The Morgan fingerprint density at radius 1 is 0.905 bits per heavy atom. The van der Waals surface area contributed by atoms with E-state index in [-0.39, 0.29) is 5.91 Å². The molecular formula is C18H14BrNO. The standard InChI is InChI=1S/C18H14BrNO/c19-17(18(20)21)16-8-4-3-7-15(16)14-10-9-12-5-1-2-6-13(12)11-14/h1-11,17H,(H2,20,21). The molecule has 104 valence electrons. The van der Waals surface area contributed by atoms with Crippen LogP contribution in [0.15, 0.2) is 66.7 Å². The van der Waals surface area contributed by atoms with Crippen LogP contribution in [-0.2, 0) is 4.79 Å². The normalized spacial score (nSPS) is 12.2. The molecule has 0 spiro atoms. The van der Waals surface area contributed by atoms with Crippen molar-refractivity contribution in [2.45, 2.75) is 4.83 Å². The third-order valence-corrected chi connectivity index (χ3v) is 4.49. The van der Waals surface area contributed by atoms with Crippen LogP contribution < -0.4 is 5.73 Å². The summed E-state index contributed by atoms with van der Waals surface area (Å²) in [6.07, 6.45) is 0. The van der Waals surface area contributed by atoms with Crippen LogP contribution in [0.1, 0.15) is 10.4 Å². The van der Waals surface area contributed by atoms with Gasteiger partial charge in [-0.1, -0.05) is 76.6 Å². The predicted octanol–water partition coefficient (Wildman–Crippen LogP) is 4.43. The summed E-state index contributed by atoms with van der Waals surface area (Å²) >= 11 is 3.37. The molecule has 0 fully saturated rings. The van der Waals surface area contributed by atoms with Crippen LogP contribution >= 0.6 is 15.9 Å². The Labute approximate surface area is 131 Å². The lowest BCUT2D eigenvalue weighted by molar-refractivity contribution is -0.117. The van der Waals surface area contributed by atoms with Crippen LogP contribution in [0.4, 0.5) is 0 Å². The highest BCUT2D eigenvalue weighted by Gasteiger charge is 2.17. The Bertz CT molecular complexity index is 813. The van der Waals surface area contributed by atoms with Crippen molar-refractivity contribution in [2.75, 3.05) is 0 Å². The second-order valence-corrected chi connectivity index (χ2v) is 5.83. The van der Waals surface area contributed by atoms with Gasteiger partial charge in [0.1, 0.15) is 4.83 Å². The van der Waals surface area contributed by atoms with Gasteiger partial charge >= 0.3 is 0 Å². The first-order valence-electron chi connectivity index (χ1n) is 6.68. The SMILES string of the molecule is NC(=O)C(Br)c1ccccc1-c1ccc2ccccc2c1. The van der Waals surface area contributed by atoms with E-state index in [4.69, 9.17) is 5.73 Å². The molecule has 1 unspecified atom stereocenters. The first-order chi connectivity index (χ1) is 10.2. The third-order valence-electron chi connectivity index (χ3n) is 3.54. The Morgan fingerprint density at radius 2 is 1.57 bits per heavy atom. The summed E-state index contributed by atoms with van der Waals surface area (Å²) in [5, 5.41) is 2.37. The maximum Gasteiger partial charge on any atom is 0.235 e. The van der Waals surface area contributed by atoms with Gasteiger partial charge < -0.3 is 5.73 Å². The van der Waals surface area contributed by atoms with Gasteiger partial charge in [0.25, 0.3) is 0 Å². The topological polar surface area (TPSA) is 43.1 Å². The van der Waals surface area contributed by atoms with Crippen LogP contribution in [0.25, 0.3) is 21.9 Å². The summed E-state index contributed by atoms with van der Waals surface area (Å²) in [5.74, 6) is -0.386. The van der Waals surface area contributed by atoms with Crippen molar-refractivity contribution < 1.29 is 4.79 Å². The number of rotatable bonds is 3. The van der Waals surface area contributed by atoms with E-state index < -0.39 is 4.83 Å². The fourth-order valence-corrected chi connectivity index (χ4v) is 2.89. The van der Waals surface area contributed by atoms with Gasteiger partial charge in [-0.25, -0.2) is 0 Å². The quantitative estimate of drug-likeness (QED) is 0.705. The summed E-state index contributed by atoms with van der Waals surface area (Å²) in [5.41, 5.74) is 8.41. The number of carbonyl (C=O) groups excluding carboxylic acids is 1. The van der Waals surface area contributed by atoms with Gasteiger partial charge in [-0.05, 0) is 33.5 Å². The van der Waals surface area contributed by atoms with E-state index in [1.807, 2.05) is 36.4 Å². The molecule has 0 heterocycles. The molecule has 0 bridgehead atoms. The van der Waals surface area contributed by atoms with Crippen LogP contribution in [0.5, 0.6) is 0 Å². The van der Waals surface area contributed by atoms with E-state index >= 15 is 0 Å². The fraction of sp³-hybridized carbons (Fsp3) is 0.0556. The first kappa shape index (κ1) is 13.8. The van der Waals surface area contributed by atoms with E-state index in [0.29, 0.717) is 0 Å². The summed E-state index contributed by atoms with van der Waals surface area (Å²) in [7, 11) is 0. The van der Waals surface area contributed by atoms with Gasteiger partial charge in [-0.3, -0.25) is 4.79 Å². The molecule has 2 N–H and O–H groups in total. The fourth-order valence-electron chi connectivity index (χ4n) is 2.49. The molecule has 0 aromatic heterocycles. The molecule has 3 aromatic carbocycles. The molecule has 3 heteroatoms. The average Bonchev–Trinajstić information content (AvgIpc) is 2.53. The number of hydrogen-bond donors (Lipinski definition) is 1. The van der Waals surface area contributed by atoms with Crippen LogP contribution in [0.3, 0.4) is 0 Å². The van der Waals surface area contributed by atoms with E-state index in [2.05, 4.69) is 46.3 Å². The van der Waals surface area contributed by atoms with Crippen molar-refractivity contribution in [2.24, 2.45) is 5.73 Å². The average molecular weight is 340 g/mol. The molecule has 1 amide bonds. The minimum atomic E-state index is -0.486. The van der Waals surface area contributed by atoms with E-state index in [0.717, 1.165) is 16.7 Å². The number of primary amides is 1. The number of hydrogen-bond acceptors (Lipinski definition) is 1. The zero-order valence-electron chi connectivity index (χ0n) is 11.3. The van der Waals surface area contributed by atoms with Gasteiger partial charge in [0.05, 0.1) is 0 Å². The smallest absolute Gasteiger partial charge is 0.235 e. The molecule has 1 atom stereocenters. The van der Waals surface area contributed by atoms with E-state index in [1.54, 1.807) is 0 Å². The number of amides is 1. The molecule has 21 heavy (non-hydrogen) atoms. The van der Waals surface area contributed by atoms with Crippen molar-refractivity contribution in [3.8, 4) is 11.1 Å². The number of alkyl halides is 1. The van der Waals surface area contributed by atoms with Crippen molar-refractivity contribution >= 4 is 32.6 Å². The van der Waals surface area contributed by atoms with Gasteiger partial charge in [-0.2, -0.15) is 0 Å². The molecule has 0 aliphatic carbocycles. The zero-order chi connectivity index (χ0) is 14.8. The zero-order valence-corrected chi connectivity index (χ0v) is 12.9. The van der Waals surface area contributed by atoms with E-state index in [9.17, 15) is 4.79 Å². The first-order valence-corrected chi connectivity index (χ1v) is 7.60. The monoisotopic (exact) mass is 339 g/mol. The number of nitrogens with two attached hydrogens (primary N) is 1. The highest BCUT2D eigenvalue weighted by atomic mass is 79.9. The van der Waals surface area contributed by atoms with Crippen molar-refractivity contribution in [3.05, 3.63) is 72.3 Å². The Morgan fingerprint density at radius 3 is 2.33 bits per heavy atom. The number of fused-ring (bicyclic) bond motifs is 1. The molecule has 0 aliphatic heterocycles. The molecule has 0 saturated carbocycles. The molecular weight excluding hydrogens is 326 g/mol. The van der Waals surface area contributed by atoms with Crippen LogP contribution in [-0.4, -0.2) is 5.91 Å². The lowest BCUT2D eigenvalue weighted by Gasteiger charge is -2.13. The van der Waals surface area contributed by atoms with Crippen molar-refractivity contribution in [1.82, 2.24) is 0 Å². The second kappa shape index (κ2) is 5.70. The van der Waals surface area contributed by atoms with Crippen LogP contribution in [0, 0.1) is 0 Å². The third kappa shape index (κ3) is 2.69.